The van der Waals surface area contributed by atoms with Crippen LogP contribution in [-0.2, 0) is 0 Å². The molecule has 0 aliphatic heterocycles. The number of nitrogens with one attached hydrogen (secondary N) is 1. The normalized spacial score (nSPS) is 21.9. The van der Waals surface area contributed by atoms with E-state index in [1.165, 1.54) is 30.6 Å². The zero-order valence-electron chi connectivity index (χ0n) is 11.8. The molecule has 2 unspecified atom stereocenters. The number of aliphatic hydroxyl groups is 1. The number of aliphatic hydroxyl groups excluding tert-OH is 1. The lowest BCUT2D eigenvalue weighted by molar-refractivity contribution is 0.0923. The van der Waals surface area contributed by atoms with Crippen LogP contribution in [0.2, 0.25) is 0 Å². The smallest absolute Gasteiger partial charge is 0.262 e. The third-order valence-electron chi connectivity index (χ3n) is 3.87. The van der Waals surface area contributed by atoms with Crippen molar-refractivity contribution >= 4 is 17.2 Å². The van der Waals surface area contributed by atoms with Crippen molar-refractivity contribution in [3.63, 3.8) is 0 Å². The molecule has 1 fully saturated rings. The Hall–Kier alpha value is -1.31. The monoisotopic (exact) mass is 291 g/mol. The average Bonchev–Trinajstić information content (AvgIpc) is 2.93. The van der Waals surface area contributed by atoms with Gasteiger partial charge in [-0.3, -0.25) is 4.79 Å². The van der Waals surface area contributed by atoms with Gasteiger partial charge >= 0.3 is 0 Å². The highest BCUT2D eigenvalue weighted by atomic mass is 32.1. The molecule has 4 heteroatoms. The fourth-order valence-corrected chi connectivity index (χ4v) is 3.51. The lowest BCUT2D eigenvalue weighted by Crippen LogP contribution is -2.38. The predicted octanol–water partition coefficient (Wildman–Crippen LogP) is 2.79. The fourth-order valence-electron chi connectivity index (χ4n) is 2.76. The van der Waals surface area contributed by atoms with Crippen molar-refractivity contribution in [2.75, 3.05) is 6.61 Å². The van der Waals surface area contributed by atoms with E-state index in [1.807, 2.05) is 11.4 Å². The van der Waals surface area contributed by atoms with E-state index in [0.29, 0.717) is 16.5 Å². The highest BCUT2D eigenvalue weighted by Crippen LogP contribution is 2.27. The van der Waals surface area contributed by atoms with Crippen molar-refractivity contribution < 1.29 is 9.90 Å². The summed E-state index contributed by atoms with van der Waals surface area (Å²) in [6, 6.07) is 2.12. The van der Waals surface area contributed by atoms with Crippen LogP contribution in [0.5, 0.6) is 0 Å². The zero-order chi connectivity index (χ0) is 14.4. The molecule has 1 aliphatic rings. The Morgan fingerprint density at radius 2 is 2.40 bits per heavy atom. The fraction of sp³-hybridized carbons (Fsp3) is 0.562. The maximum Gasteiger partial charge on any atom is 0.262 e. The summed E-state index contributed by atoms with van der Waals surface area (Å²) in [6.45, 7) is 2.04. The van der Waals surface area contributed by atoms with Gasteiger partial charge in [0.2, 0.25) is 0 Å². The van der Waals surface area contributed by atoms with Gasteiger partial charge in [0.1, 0.15) is 11.5 Å². The lowest BCUT2D eigenvalue weighted by Gasteiger charge is -2.29. The molecule has 2 rings (SSSR count). The Kier molecular flexibility index (Phi) is 5.63. The molecule has 2 atom stereocenters. The average molecular weight is 291 g/mol. The van der Waals surface area contributed by atoms with E-state index >= 15 is 0 Å². The molecule has 1 heterocycles. The minimum absolute atomic E-state index is 0.0241. The number of hydrogen-bond acceptors (Lipinski definition) is 3. The van der Waals surface area contributed by atoms with Gasteiger partial charge in [-0.05, 0) is 30.2 Å². The van der Waals surface area contributed by atoms with Crippen LogP contribution in [0.1, 0.15) is 54.3 Å². The van der Waals surface area contributed by atoms with E-state index in [0.717, 1.165) is 18.8 Å². The zero-order valence-corrected chi connectivity index (χ0v) is 12.6. The third kappa shape index (κ3) is 3.84. The maximum absolute atomic E-state index is 12.3. The molecule has 3 nitrogen and oxygen atoms in total. The Bertz CT molecular complexity index is 512. The SMILES string of the molecule is CCC1CCCC(NC(=O)c2sccc2C#CCO)C1. The first kappa shape index (κ1) is 15.1. The first-order chi connectivity index (χ1) is 9.74. The second kappa shape index (κ2) is 7.47. The second-order valence-electron chi connectivity index (χ2n) is 5.23. The number of carbonyl (C=O) groups excluding carboxylic acids is 1. The Labute approximate surface area is 124 Å². The molecule has 1 aliphatic carbocycles. The maximum atomic E-state index is 12.3. The molecular formula is C16H21NO2S. The second-order valence-corrected chi connectivity index (χ2v) is 6.15. The van der Waals surface area contributed by atoms with Crippen molar-refractivity contribution in [3.05, 3.63) is 21.9 Å². The van der Waals surface area contributed by atoms with Gasteiger partial charge in [0.05, 0.1) is 0 Å². The highest BCUT2D eigenvalue weighted by molar-refractivity contribution is 7.12. The Morgan fingerprint density at radius 3 is 3.15 bits per heavy atom. The molecule has 1 aromatic rings. The van der Waals surface area contributed by atoms with Crippen molar-refractivity contribution in [2.24, 2.45) is 5.92 Å². The quantitative estimate of drug-likeness (QED) is 0.841. The van der Waals surface area contributed by atoms with Crippen LogP contribution >= 0.6 is 11.3 Å². The van der Waals surface area contributed by atoms with E-state index in [1.54, 1.807) is 0 Å². The molecule has 2 N–H and O–H groups in total. The van der Waals surface area contributed by atoms with Crippen molar-refractivity contribution in [1.82, 2.24) is 5.32 Å². The number of thiophene rings is 1. The Balaban J connectivity index is 1.99. The highest BCUT2D eigenvalue weighted by Gasteiger charge is 2.23. The Morgan fingerprint density at radius 1 is 1.55 bits per heavy atom. The molecule has 1 saturated carbocycles. The third-order valence-corrected chi connectivity index (χ3v) is 4.78. The summed E-state index contributed by atoms with van der Waals surface area (Å²) in [7, 11) is 0. The molecule has 0 spiro atoms. The van der Waals surface area contributed by atoms with Crippen LogP contribution in [0.25, 0.3) is 0 Å². The largest absolute Gasteiger partial charge is 0.384 e. The van der Waals surface area contributed by atoms with Gasteiger partial charge in [0.15, 0.2) is 0 Å². The number of rotatable bonds is 3. The molecule has 0 bridgehead atoms. The summed E-state index contributed by atoms with van der Waals surface area (Å²) in [4.78, 5) is 13.0. The van der Waals surface area contributed by atoms with Gasteiger partial charge in [0, 0.05) is 11.6 Å². The molecule has 1 aromatic heterocycles. The number of carbonyl (C=O) groups is 1. The first-order valence-corrected chi connectivity index (χ1v) is 8.10. The molecule has 0 radical (unpaired) electrons. The van der Waals surface area contributed by atoms with Gasteiger partial charge in [-0.15, -0.1) is 11.3 Å². The van der Waals surface area contributed by atoms with Crippen molar-refractivity contribution in [1.29, 1.82) is 0 Å². The van der Waals surface area contributed by atoms with Gasteiger partial charge in [0.25, 0.3) is 5.91 Å². The minimum atomic E-state index is -0.183. The van der Waals surface area contributed by atoms with Gasteiger partial charge in [-0.2, -0.15) is 0 Å². The summed E-state index contributed by atoms with van der Waals surface area (Å²) >= 11 is 1.41. The molecule has 0 saturated heterocycles. The van der Waals surface area contributed by atoms with E-state index in [-0.39, 0.29) is 12.5 Å². The van der Waals surface area contributed by atoms with Crippen molar-refractivity contribution in [3.8, 4) is 11.8 Å². The van der Waals surface area contributed by atoms with E-state index < -0.39 is 0 Å². The summed E-state index contributed by atoms with van der Waals surface area (Å²) in [6.07, 6.45) is 5.84. The summed E-state index contributed by atoms with van der Waals surface area (Å²) in [5.74, 6) is 6.15. The van der Waals surface area contributed by atoms with E-state index in [4.69, 9.17) is 5.11 Å². The molecule has 20 heavy (non-hydrogen) atoms. The number of amides is 1. The predicted molar refractivity (Wildman–Crippen MR) is 81.8 cm³/mol. The van der Waals surface area contributed by atoms with Gasteiger partial charge < -0.3 is 10.4 Å². The van der Waals surface area contributed by atoms with Crippen LogP contribution in [0.4, 0.5) is 0 Å². The van der Waals surface area contributed by atoms with Crippen LogP contribution in [0, 0.1) is 17.8 Å². The lowest BCUT2D eigenvalue weighted by atomic mass is 9.84. The van der Waals surface area contributed by atoms with E-state index in [9.17, 15) is 4.79 Å². The number of hydrogen-bond donors (Lipinski definition) is 2. The minimum Gasteiger partial charge on any atom is -0.384 e. The van der Waals surface area contributed by atoms with E-state index in [2.05, 4.69) is 24.1 Å². The summed E-state index contributed by atoms with van der Waals surface area (Å²) in [5.41, 5.74) is 0.712. The summed E-state index contributed by atoms with van der Waals surface area (Å²) < 4.78 is 0. The van der Waals surface area contributed by atoms with Gasteiger partial charge in [-0.1, -0.05) is 38.0 Å². The molecule has 0 aromatic carbocycles. The van der Waals surface area contributed by atoms with Crippen LogP contribution < -0.4 is 5.32 Å². The van der Waals surface area contributed by atoms with Crippen LogP contribution in [0.15, 0.2) is 11.4 Å². The topological polar surface area (TPSA) is 49.3 Å². The van der Waals surface area contributed by atoms with Crippen LogP contribution in [0.3, 0.4) is 0 Å². The summed E-state index contributed by atoms with van der Waals surface area (Å²) in [5, 5.41) is 13.8. The molecule has 1 amide bonds. The van der Waals surface area contributed by atoms with Gasteiger partial charge in [-0.25, -0.2) is 0 Å². The van der Waals surface area contributed by atoms with Crippen LogP contribution in [-0.4, -0.2) is 23.7 Å². The molecule has 108 valence electrons. The van der Waals surface area contributed by atoms with Crippen molar-refractivity contribution in [2.45, 2.75) is 45.1 Å². The standard InChI is InChI=1S/C16H21NO2S/c1-2-12-5-3-7-14(11-12)17-16(19)15-13(6-4-9-18)8-10-20-15/h8,10,12,14,18H,2-3,5,7,9,11H2,1H3,(H,17,19). The first-order valence-electron chi connectivity index (χ1n) is 7.22. The molecular weight excluding hydrogens is 270 g/mol.